The largest absolute Gasteiger partial charge is 0.444 e. The van der Waals surface area contributed by atoms with E-state index >= 15 is 0 Å². The monoisotopic (exact) mass is 355 g/mol. The molecule has 0 saturated carbocycles. The van der Waals surface area contributed by atoms with E-state index in [0.717, 1.165) is 0 Å². The van der Waals surface area contributed by atoms with Gasteiger partial charge in [-0.25, -0.2) is 9.79 Å². The minimum atomic E-state index is -0.505. The van der Waals surface area contributed by atoms with Crippen molar-refractivity contribution in [2.75, 3.05) is 59.0 Å². The SMILES string of the molecule is CC(C)(C)OC(=O)N1CCN(C(N)=NCC(=O)N2CCOCC2)CC1. The fraction of sp³-hybridized carbons (Fsp3) is 0.812. The maximum Gasteiger partial charge on any atom is 0.410 e. The van der Waals surface area contributed by atoms with Crippen LogP contribution in [0.4, 0.5) is 4.79 Å². The van der Waals surface area contributed by atoms with Crippen LogP contribution < -0.4 is 5.73 Å². The topological polar surface area (TPSA) is 101 Å². The molecule has 0 atom stereocenters. The third kappa shape index (κ3) is 6.08. The normalized spacial score (nSPS) is 19.8. The van der Waals surface area contributed by atoms with Gasteiger partial charge in [0.2, 0.25) is 5.91 Å². The number of hydrogen-bond acceptors (Lipinski definition) is 5. The van der Waals surface area contributed by atoms with Crippen LogP contribution >= 0.6 is 0 Å². The van der Waals surface area contributed by atoms with Crippen molar-refractivity contribution in [3.05, 3.63) is 0 Å². The van der Waals surface area contributed by atoms with Gasteiger partial charge in [-0.3, -0.25) is 4.79 Å². The van der Waals surface area contributed by atoms with Crippen molar-refractivity contribution >= 4 is 18.0 Å². The minimum Gasteiger partial charge on any atom is -0.444 e. The predicted octanol–water partition coefficient (Wildman–Crippen LogP) is -0.287. The minimum absolute atomic E-state index is 0.0398. The molecule has 0 aromatic rings. The Kier molecular flexibility index (Phi) is 6.46. The first kappa shape index (κ1) is 19.3. The summed E-state index contributed by atoms with van der Waals surface area (Å²) < 4.78 is 10.6. The van der Waals surface area contributed by atoms with Gasteiger partial charge in [-0.05, 0) is 20.8 Å². The molecule has 2 amide bonds. The van der Waals surface area contributed by atoms with Gasteiger partial charge in [0.05, 0.1) is 13.2 Å². The first-order valence-electron chi connectivity index (χ1n) is 8.64. The van der Waals surface area contributed by atoms with Crippen LogP contribution in [-0.2, 0) is 14.3 Å². The zero-order valence-electron chi connectivity index (χ0n) is 15.4. The fourth-order valence-electron chi connectivity index (χ4n) is 2.61. The van der Waals surface area contributed by atoms with Crippen LogP contribution in [0.2, 0.25) is 0 Å². The Morgan fingerprint density at radius 1 is 1.00 bits per heavy atom. The van der Waals surface area contributed by atoms with E-state index in [-0.39, 0.29) is 18.5 Å². The number of guanidine groups is 1. The highest BCUT2D eigenvalue weighted by atomic mass is 16.6. The van der Waals surface area contributed by atoms with Crippen molar-refractivity contribution in [3.63, 3.8) is 0 Å². The molecular weight excluding hydrogens is 326 g/mol. The zero-order chi connectivity index (χ0) is 18.4. The second-order valence-corrected chi connectivity index (χ2v) is 7.12. The molecule has 9 nitrogen and oxygen atoms in total. The van der Waals surface area contributed by atoms with E-state index < -0.39 is 5.60 Å². The standard InChI is InChI=1S/C16H29N5O4/c1-16(2,3)25-15(23)21-6-4-20(5-7-21)14(17)18-12-13(22)19-8-10-24-11-9-19/h4-12H2,1-3H3,(H2,17,18). The fourth-order valence-corrected chi connectivity index (χ4v) is 2.61. The maximum atomic E-state index is 12.1. The van der Waals surface area contributed by atoms with Crippen LogP contribution in [-0.4, -0.2) is 97.3 Å². The van der Waals surface area contributed by atoms with Gasteiger partial charge in [0.15, 0.2) is 5.96 Å². The summed E-state index contributed by atoms with van der Waals surface area (Å²) >= 11 is 0. The van der Waals surface area contributed by atoms with Crippen molar-refractivity contribution < 1.29 is 19.1 Å². The Morgan fingerprint density at radius 2 is 1.56 bits per heavy atom. The molecular formula is C16H29N5O4. The van der Waals surface area contributed by atoms with Crippen molar-refractivity contribution in [1.29, 1.82) is 0 Å². The second kappa shape index (κ2) is 8.37. The van der Waals surface area contributed by atoms with Crippen LogP contribution in [0.3, 0.4) is 0 Å². The Balaban J connectivity index is 1.77. The third-order valence-electron chi connectivity index (χ3n) is 4.00. The summed E-state index contributed by atoms with van der Waals surface area (Å²) in [4.78, 5) is 33.6. The number of carbonyl (C=O) groups is 2. The Hall–Kier alpha value is -2.03. The van der Waals surface area contributed by atoms with E-state index in [9.17, 15) is 9.59 Å². The lowest BCUT2D eigenvalue weighted by Crippen LogP contribution is -2.53. The Bertz CT molecular complexity index is 503. The maximum absolute atomic E-state index is 12.1. The molecule has 2 saturated heterocycles. The Labute approximate surface area is 148 Å². The summed E-state index contributed by atoms with van der Waals surface area (Å²) in [7, 11) is 0. The summed E-state index contributed by atoms with van der Waals surface area (Å²) in [5, 5.41) is 0. The van der Waals surface area contributed by atoms with Crippen LogP contribution in [0.5, 0.6) is 0 Å². The molecule has 0 aliphatic carbocycles. The van der Waals surface area contributed by atoms with E-state index in [2.05, 4.69) is 4.99 Å². The first-order valence-corrected chi connectivity index (χ1v) is 8.64. The molecule has 0 bridgehead atoms. The Morgan fingerprint density at radius 3 is 2.12 bits per heavy atom. The van der Waals surface area contributed by atoms with Gasteiger partial charge in [0.25, 0.3) is 0 Å². The van der Waals surface area contributed by atoms with Crippen LogP contribution in [0, 0.1) is 0 Å². The second-order valence-electron chi connectivity index (χ2n) is 7.12. The number of piperazine rings is 1. The molecule has 2 heterocycles. The van der Waals surface area contributed by atoms with Crippen LogP contribution in [0.15, 0.2) is 4.99 Å². The van der Waals surface area contributed by atoms with E-state index in [0.29, 0.717) is 58.4 Å². The molecule has 0 aromatic heterocycles. The van der Waals surface area contributed by atoms with Gasteiger partial charge >= 0.3 is 6.09 Å². The van der Waals surface area contributed by atoms with Crippen LogP contribution in [0.25, 0.3) is 0 Å². The molecule has 25 heavy (non-hydrogen) atoms. The zero-order valence-corrected chi connectivity index (χ0v) is 15.4. The summed E-state index contributed by atoms with van der Waals surface area (Å²) in [6, 6.07) is 0. The third-order valence-corrected chi connectivity index (χ3v) is 4.00. The number of ether oxygens (including phenoxy) is 2. The van der Waals surface area contributed by atoms with Crippen LogP contribution in [0.1, 0.15) is 20.8 Å². The lowest BCUT2D eigenvalue weighted by molar-refractivity contribution is -0.133. The number of carbonyl (C=O) groups excluding carboxylic acids is 2. The molecule has 0 radical (unpaired) electrons. The summed E-state index contributed by atoms with van der Waals surface area (Å²) in [6.45, 7) is 10.1. The highest BCUT2D eigenvalue weighted by Gasteiger charge is 2.26. The first-order chi connectivity index (χ1) is 11.8. The molecule has 2 rings (SSSR count). The number of hydrogen-bond donors (Lipinski definition) is 1. The molecule has 0 unspecified atom stereocenters. The van der Waals surface area contributed by atoms with E-state index in [1.165, 1.54) is 0 Å². The average Bonchev–Trinajstić information content (AvgIpc) is 2.58. The smallest absolute Gasteiger partial charge is 0.410 e. The number of nitrogens with two attached hydrogens (primary N) is 1. The molecule has 2 aliphatic rings. The quantitative estimate of drug-likeness (QED) is 0.540. The van der Waals surface area contributed by atoms with Gasteiger partial charge in [-0.2, -0.15) is 0 Å². The van der Waals surface area contributed by atoms with Crippen molar-refractivity contribution in [3.8, 4) is 0 Å². The molecule has 0 aromatic carbocycles. The molecule has 0 spiro atoms. The van der Waals surface area contributed by atoms with E-state index in [1.54, 1.807) is 9.80 Å². The highest BCUT2D eigenvalue weighted by Crippen LogP contribution is 2.11. The van der Waals surface area contributed by atoms with Crippen molar-refractivity contribution in [1.82, 2.24) is 14.7 Å². The molecule has 2 fully saturated rings. The molecule has 2 aliphatic heterocycles. The van der Waals surface area contributed by atoms with Crippen molar-refractivity contribution in [2.45, 2.75) is 26.4 Å². The van der Waals surface area contributed by atoms with Gasteiger partial charge in [-0.15, -0.1) is 0 Å². The molecule has 9 heteroatoms. The van der Waals surface area contributed by atoms with Gasteiger partial charge < -0.3 is 29.9 Å². The van der Waals surface area contributed by atoms with Gasteiger partial charge in [-0.1, -0.05) is 0 Å². The van der Waals surface area contributed by atoms with E-state index in [4.69, 9.17) is 15.2 Å². The number of nitrogens with zero attached hydrogens (tertiary/aromatic N) is 4. The van der Waals surface area contributed by atoms with Gasteiger partial charge in [0.1, 0.15) is 12.1 Å². The average molecular weight is 355 g/mol. The van der Waals surface area contributed by atoms with Gasteiger partial charge in [0, 0.05) is 39.3 Å². The number of rotatable bonds is 2. The summed E-state index contributed by atoms with van der Waals surface area (Å²) in [5.74, 6) is 0.295. The summed E-state index contributed by atoms with van der Waals surface area (Å²) in [5.41, 5.74) is 5.49. The predicted molar refractivity (Wildman–Crippen MR) is 93.3 cm³/mol. The van der Waals surface area contributed by atoms with E-state index in [1.807, 2.05) is 25.7 Å². The lowest BCUT2D eigenvalue weighted by Gasteiger charge is -2.36. The molecule has 142 valence electrons. The number of amides is 2. The lowest BCUT2D eigenvalue weighted by atomic mass is 10.2. The highest BCUT2D eigenvalue weighted by molar-refractivity contribution is 5.84. The summed E-state index contributed by atoms with van der Waals surface area (Å²) in [6.07, 6.45) is -0.315. The van der Waals surface area contributed by atoms with Crippen molar-refractivity contribution in [2.24, 2.45) is 10.7 Å². The number of aliphatic imine (C=N–C) groups is 1. The molecule has 2 N–H and O–H groups in total. The number of morpholine rings is 1.